The molecule has 1 aliphatic rings. The highest BCUT2D eigenvalue weighted by Gasteiger charge is 2.19. The van der Waals surface area contributed by atoms with Crippen molar-refractivity contribution in [3.63, 3.8) is 0 Å². The van der Waals surface area contributed by atoms with E-state index in [4.69, 9.17) is 4.74 Å². The molecule has 2 rings (SSSR count). The number of methoxy groups -OCH3 is 1. The predicted octanol–water partition coefficient (Wildman–Crippen LogP) is 2.58. The predicted molar refractivity (Wildman–Crippen MR) is 76.6 cm³/mol. The van der Waals surface area contributed by atoms with E-state index in [-0.39, 0.29) is 0 Å². The summed E-state index contributed by atoms with van der Waals surface area (Å²) in [7, 11) is 1.73. The number of anilines is 1. The second kappa shape index (κ2) is 6.10. The number of likely N-dealkylation sites (N-methyl/N-ethyl adjacent to an activating group) is 1. The highest BCUT2D eigenvalue weighted by atomic mass is 16.5. The van der Waals surface area contributed by atoms with Gasteiger partial charge in [-0.25, -0.2) is 0 Å². The van der Waals surface area contributed by atoms with E-state index < -0.39 is 0 Å². The number of aryl methyl sites for hydroxylation is 1. The van der Waals surface area contributed by atoms with Gasteiger partial charge in [-0.05, 0) is 50.1 Å². The Balaban J connectivity index is 2.08. The molecule has 3 heteroatoms. The first kappa shape index (κ1) is 13.2. The third kappa shape index (κ3) is 2.96. The molecule has 0 aliphatic carbocycles. The summed E-state index contributed by atoms with van der Waals surface area (Å²) in [6.45, 7) is 7.61. The van der Waals surface area contributed by atoms with Crippen molar-refractivity contribution in [2.75, 3.05) is 31.6 Å². The molecule has 0 bridgehead atoms. The van der Waals surface area contributed by atoms with E-state index in [9.17, 15) is 0 Å². The Bertz CT molecular complexity index is 390. The standard InChI is InChI=1S/C15H24N2O/c1-4-16-13-6-5-9-17(11-13)14-7-8-15(18-3)12(2)10-14/h7-8,10,13,16H,4-6,9,11H2,1-3H3. The van der Waals surface area contributed by atoms with Crippen LogP contribution in [0.1, 0.15) is 25.3 Å². The second-order valence-electron chi connectivity index (χ2n) is 5.00. The lowest BCUT2D eigenvalue weighted by Crippen LogP contribution is -2.45. The molecule has 1 heterocycles. The number of nitrogens with one attached hydrogen (secondary N) is 1. The molecular formula is C15H24N2O. The number of hydrogen-bond acceptors (Lipinski definition) is 3. The lowest BCUT2D eigenvalue weighted by molar-refractivity contribution is 0.411. The smallest absolute Gasteiger partial charge is 0.121 e. The van der Waals surface area contributed by atoms with Crippen LogP contribution in [0.25, 0.3) is 0 Å². The molecule has 100 valence electrons. The summed E-state index contributed by atoms with van der Waals surface area (Å²) in [4.78, 5) is 2.48. The van der Waals surface area contributed by atoms with Gasteiger partial charge >= 0.3 is 0 Å². The molecule has 1 aromatic rings. The molecule has 0 spiro atoms. The van der Waals surface area contributed by atoms with Gasteiger partial charge in [0.05, 0.1) is 7.11 Å². The van der Waals surface area contributed by atoms with Crippen LogP contribution in [-0.2, 0) is 0 Å². The Morgan fingerprint density at radius 2 is 2.28 bits per heavy atom. The molecular weight excluding hydrogens is 224 g/mol. The lowest BCUT2D eigenvalue weighted by Gasteiger charge is -2.35. The number of rotatable bonds is 4. The minimum atomic E-state index is 0.631. The Morgan fingerprint density at radius 1 is 1.44 bits per heavy atom. The van der Waals surface area contributed by atoms with Gasteiger partial charge in [0, 0.05) is 24.8 Å². The summed E-state index contributed by atoms with van der Waals surface area (Å²) in [5.41, 5.74) is 2.52. The van der Waals surface area contributed by atoms with Crippen molar-refractivity contribution in [1.29, 1.82) is 0 Å². The van der Waals surface area contributed by atoms with E-state index in [1.807, 2.05) is 0 Å². The molecule has 1 unspecified atom stereocenters. The van der Waals surface area contributed by atoms with E-state index in [2.05, 4.69) is 42.3 Å². The van der Waals surface area contributed by atoms with Crippen molar-refractivity contribution in [2.45, 2.75) is 32.7 Å². The van der Waals surface area contributed by atoms with Crippen LogP contribution in [0, 0.1) is 6.92 Å². The molecule has 1 fully saturated rings. The van der Waals surface area contributed by atoms with Gasteiger partial charge in [0.1, 0.15) is 5.75 Å². The lowest BCUT2D eigenvalue weighted by atomic mass is 10.0. The molecule has 1 atom stereocenters. The molecule has 0 amide bonds. The van der Waals surface area contributed by atoms with E-state index in [0.29, 0.717) is 6.04 Å². The highest BCUT2D eigenvalue weighted by Crippen LogP contribution is 2.26. The molecule has 1 aromatic carbocycles. The average molecular weight is 248 g/mol. The van der Waals surface area contributed by atoms with Gasteiger partial charge in [0.2, 0.25) is 0 Å². The Kier molecular flexibility index (Phi) is 4.48. The fourth-order valence-electron chi connectivity index (χ4n) is 2.73. The average Bonchev–Trinajstić information content (AvgIpc) is 2.39. The first-order chi connectivity index (χ1) is 8.74. The molecule has 1 saturated heterocycles. The normalized spacial score (nSPS) is 19.9. The van der Waals surface area contributed by atoms with Gasteiger partial charge in [-0.3, -0.25) is 0 Å². The molecule has 1 aliphatic heterocycles. The summed E-state index contributed by atoms with van der Waals surface area (Å²) in [6.07, 6.45) is 2.56. The maximum Gasteiger partial charge on any atom is 0.121 e. The van der Waals surface area contributed by atoms with Gasteiger partial charge in [-0.15, -0.1) is 0 Å². The van der Waals surface area contributed by atoms with Crippen LogP contribution in [0.4, 0.5) is 5.69 Å². The summed E-state index contributed by atoms with van der Waals surface area (Å²) in [5.74, 6) is 0.971. The van der Waals surface area contributed by atoms with Crippen LogP contribution >= 0.6 is 0 Å². The minimum Gasteiger partial charge on any atom is -0.496 e. The van der Waals surface area contributed by atoms with Gasteiger partial charge in [0.25, 0.3) is 0 Å². The highest BCUT2D eigenvalue weighted by molar-refractivity contribution is 5.53. The van der Waals surface area contributed by atoms with Crippen LogP contribution in [0.15, 0.2) is 18.2 Å². The first-order valence-corrected chi connectivity index (χ1v) is 6.87. The van der Waals surface area contributed by atoms with E-state index in [1.165, 1.54) is 24.1 Å². The molecule has 0 aromatic heterocycles. The topological polar surface area (TPSA) is 24.5 Å². The van der Waals surface area contributed by atoms with Crippen LogP contribution in [0.5, 0.6) is 5.75 Å². The zero-order chi connectivity index (χ0) is 13.0. The number of benzene rings is 1. The maximum absolute atomic E-state index is 5.32. The third-order valence-electron chi connectivity index (χ3n) is 3.66. The van der Waals surface area contributed by atoms with Crippen molar-refractivity contribution in [3.05, 3.63) is 23.8 Å². The largest absolute Gasteiger partial charge is 0.496 e. The molecule has 18 heavy (non-hydrogen) atoms. The van der Waals surface area contributed by atoms with Crippen molar-refractivity contribution >= 4 is 5.69 Å². The van der Waals surface area contributed by atoms with Crippen LogP contribution in [0.2, 0.25) is 0 Å². The van der Waals surface area contributed by atoms with Crippen molar-refractivity contribution < 1.29 is 4.74 Å². The third-order valence-corrected chi connectivity index (χ3v) is 3.66. The summed E-state index contributed by atoms with van der Waals surface area (Å²) in [5, 5.41) is 3.56. The zero-order valence-corrected chi connectivity index (χ0v) is 11.7. The Hall–Kier alpha value is -1.22. The first-order valence-electron chi connectivity index (χ1n) is 6.87. The Morgan fingerprint density at radius 3 is 2.94 bits per heavy atom. The Labute approximate surface area is 110 Å². The van der Waals surface area contributed by atoms with Crippen LogP contribution < -0.4 is 15.0 Å². The van der Waals surface area contributed by atoms with Crippen LogP contribution in [0.3, 0.4) is 0 Å². The zero-order valence-electron chi connectivity index (χ0n) is 11.7. The summed E-state index contributed by atoms with van der Waals surface area (Å²) >= 11 is 0. The van der Waals surface area contributed by atoms with Gasteiger partial charge < -0.3 is 15.0 Å². The van der Waals surface area contributed by atoms with Crippen molar-refractivity contribution in [3.8, 4) is 5.75 Å². The van der Waals surface area contributed by atoms with Crippen molar-refractivity contribution in [2.24, 2.45) is 0 Å². The second-order valence-corrected chi connectivity index (χ2v) is 5.00. The fourth-order valence-corrected chi connectivity index (χ4v) is 2.73. The molecule has 1 N–H and O–H groups in total. The van der Waals surface area contributed by atoms with Crippen LogP contribution in [-0.4, -0.2) is 32.8 Å². The number of piperidine rings is 1. The molecule has 3 nitrogen and oxygen atoms in total. The van der Waals surface area contributed by atoms with Gasteiger partial charge in [0.15, 0.2) is 0 Å². The number of hydrogen-bond donors (Lipinski definition) is 1. The molecule has 0 saturated carbocycles. The summed E-state index contributed by atoms with van der Waals surface area (Å²) in [6, 6.07) is 7.10. The molecule has 0 radical (unpaired) electrons. The number of nitrogens with zero attached hydrogens (tertiary/aromatic N) is 1. The SMILES string of the molecule is CCNC1CCCN(c2ccc(OC)c(C)c2)C1. The van der Waals surface area contributed by atoms with Crippen molar-refractivity contribution in [1.82, 2.24) is 5.32 Å². The summed E-state index contributed by atoms with van der Waals surface area (Å²) < 4.78 is 5.32. The quantitative estimate of drug-likeness (QED) is 0.886. The minimum absolute atomic E-state index is 0.631. The van der Waals surface area contributed by atoms with E-state index in [0.717, 1.165) is 25.4 Å². The fraction of sp³-hybridized carbons (Fsp3) is 0.600. The number of ether oxygens (including phenoxy) is 1. The van der Waals surface area contributed by atoms with E-state index >= 15 is 0 Å². The van der Waals surface area contributed by atoms with Gasteiger partial charge in [-0.1, -0.05) is 6.92 Å². The van der Waals surface area contributed by atoms with Gasteiger partial charge in [-0.2, -0.15) is 0 Å². The maximum atomic E-state index is 5.32. The monoisotopic (exact) mass is 248 g/mol. The van der Waals surface area contributed by atoms with E-state index in [1.54, 1.807) is 7.11 Å².